The van der Waals surface area contributed by atoms with Gasteiger partial charge in [0.05, 0.1) is 0 Å². The van der Waals surface area contributed by atoms with E-state index in [1.54, 1.807) is 12.1 Å². The Morgan fingerprint density at radius 1 is 1.44 bits per heavy atom. The number of ether oxygens (including phenoxy) is 1. The van der Waals surface area contributed by atoms with Crippen molar-refractivity contribution in [3.8, 4) is 5.75 Å². The predicted octanol–water partition coefficient (Wildman–Crippen LogP) is 2.73. The van der Waals surface area contributed by atoms with Crippen molar-refractivity contribution in [1.82, 2.24) is 5.43 Å². The number of halogens is 1. The first-order chi connectivity index (χ1) is 8.65. The van der Waals surface area contributed by atoms with Gasteiger partial charge in [0, 0.05) is 10.2 Å². The summed E-state index contributed by atoms with van der Waals surface area (Å²) in [4.78, 5) is 11.5. The number of amides is 1. The van der Waals surface area contributed by atoms with Crippen molar-refractivity contribution in [2.75, 3.05) is 6.61 Å². The van der Waals surface area contributed by atoms with Crippen LogP contribution < -0.4 is 10.2 Å². The number of nitrogens with zero attached hydrogens (tertiary/aromatic N) is 1. The van der Waals surface area contributed by atoms with Crippen LogP contribution in [0.15, 0.2) is 33.8 Å². The zero-order valence-corrected chi connectivity index (χ0v) is 11.7. The second-order valence-electron chi connectivity index (χ2n) is 4.31. The predicted molar refractivity (Wildman–Crippen MR) is 73.6 cm³/mol. The zero-order valence-electron chi connectivity index (χ0n) is 10.1. The maximum atomic E-state index is 11.5. The quantitative estimate of drug-likeness (QED) is 0.671. The van der Waals surface area contributed by atoms with Crippen molar-refractivity contribution in [1.29, 1.82) is 0 Å². The summed E-state index contributed by atoms with van der Waals surface area (Å²) < 4.78 is 6.30. The molecule has 1 aliphatic carbocycles. The molecule has 1 aromatic carbocycles. The van der Waals surface area contributed by atoms with Crippen LogP contribution in [-0.2, 0) is 4.79 Å². The van der Waals surface area contributed by atoms with Crippen molar-refractivity contribution in [2.24, 2.45) is 11.0 Å². The van der Waals surface area contributed by atoms with Gasteiger partial charge in [0.2, 0.25) is 0 Å². The molecule has 1 N–H and O–H groups in total. The first-order valence-electron chi connectivity index (χ1n) is 5.86. The molecule has 0 aromatic heterocycles. The van der Waals surface area contributed by atoms with E-state index in [0.29, 0.717) is 11.7 Å². The van der Waals surface area contributed by atoms with Crippen LogP contribution in [0.1, 0.15) is 19.8 Å². The number of nitrogens with one attached hydrogen (secondary N) is 1. The molecule has 0 unspecified atom stereocenters. The fourth-order valence-corrected chi connectivity index (χ4v) is 1.72. The molecule has 0 saturated heterocycles. The average molecular weight is 311 g/mol. The van der Waals surface area contributed by atoms with Crippen LogP contribution in [0.3, 0.4) is 0 Å². The number of hydrazone groups is 1. The van der Waals surface area contributed by atoms with Crippen molar-refractivity contribution in [3.63, 3.8) is 0 Å². The maximum Gasteiger partial charge on any atom is 0.277 e. The summed E-state index contributed by atoms with van der Waals surface area (Å²) in [5, 5.41) is 4.04. The number of carbonyl (C=O) groups is 1. The van der Waals surface area contributed by atoms with Gasteiger partial charge in [-0.05, 0) is 49.9 Å². The largest absolute Gasteiger partial charge is 0.484 e. The molecule has 18 heavy (non-hydrogen) atoms. The Morgan fingerprint density at radius 2 is 2.11 bits per heavy atom. The summed E-state index contributed by atoms with van der Waals surface area (Å²) in [6.45, 7) is 1.91. The van der Waals surface area contributed by atoms with E-state index in [4.69, 9.17) is 4.74 Å². The molecule has 4 nitrogen and oxygen atoms in total. The minimum Gasteiger partial charge on any atom is -0.484 e. The molecule has 1 fully saturated rings. The lowest BCUT2D eigenvalue weighted by atomic mass is 10.3. The normalized spacial score (nSPS) is 15.3. The zero-order chi connectivity index (χ0) is 13.0. The molecular weight excluding hydrogens is 296 g/mol. The Morgan fingerprint density at radius 3 is 2.72 bits per heavy atom. The van der Waals surface area contributed by atoms with Gasteiger partial charge in [-0.3, -0.25) is 4.79 Å². The Hall–Kier alpha value is -1.36. The number of carbonyl (C=O) groups excluding carboxylic acids is 1. The molecule has 0 bridgehead atoms. The monoisotopic (exact) mass is 310 g/mol. The lowest BCUT2D eigenvalue weighted by Crippen LogP contribution is -2.25. The van der Waals surface area contributed by atoms with Crippen LogP contribution in [0.25, 0.3) is 0 Å². The summed E-state index contributed by atoms with van der Waals surface area (Å²) in [5.74, 6) is 0.992. The minimum atomic E-state index is -0.238. The molecule has 1 aliphatic rings. The molecule has 96 valence electrons. The Balaban J connectivity index is 1.74. The van der Waals surface area contributed by atoms with E-state index in [0.717, 1.165) is 10.2 Å². The fraction of sp³-hybridized carbons (Fsp3) is 0.385. The molecule has 5 heteroatoms. The Labute approximate surface area is 115 Å². The van der Waals surface area contributed by atoms with Gasteiger partial charge >= 0.3 is 0 Å². The van der Waals surface area contributed by atoms with Crippen LogP contribution in [0.2, 0.25) is 0 Å². The summed E-state index contributed by atoms with van der Waals surface area (Å²) in [6, 6.07) is 7.33. The van der Waals surface area contributed by atoms with Crippen LogP contribution in [-0.4, -0.2) is 18.2 Å². The highest BCUT2D eigenvalue weighted by molar-refractivity contribution is 9.10. The van der Waals surface area contributed by atoms with Gasteiger partial charge in [0.15, 0.2) is 6.61 Å². The first kappa shape index (κ1) is 13.1. The molecule has 2 rings (SSSR count). The number of hydrogen-bond acceptors (Lipinski definition) is 3. The maximum absolute atomic E-state index is 11.5. The molecule has 1 aromatic rings. The van der Waals surface area contributed by atoms with Crippen molar-refractivity contribution < 1.29 is 9.53 Å². The second-order valence-corrected chi connectivity index (χ2v) is 5.22. The van der Waals surface area contributed by atoms with E-state index in [1.807, 2.05) is 19.1 Å². The highest BCUT2D eigenvalue weighted by atomic mass is 79.9. The molecule has 0 atom stereocenters. The van der Waals surface area contributed by atoms with Crippen molar-refractivity contribution in [2.45, 2.75) is 19.8 Å². The topological polar surface area (TPSA) is 50.7 Å². The van der Waals surface area contributed by atoms with E-state index >= 15 is 0 Å². The van der Waals surface area contributed by atoms with Crippen LogP contribution >= 0.6 is 15.9 Å². The first-order valence-corrected chi connectivity index (χ1v) is 6.66. The standard InChI is InChI=1S/C13H15BrN2O2/c1-9(10-2-3-10)15-16-13(17)8-18-12-6-4-11(14)5-7-12/h4-7,10H,2-3,8H2,1H3,(H,16,17)/b15-9-. The highest BCUT2D eigenvalue weighted by Crippen LogP contribution is 2.30. The van der Waals surface area contributed by atoms with E-state index in [2.05, 4.69) is 26.5 Å². The lowest BCUT2D eigenvalue weighted by Gasteiger charge is -2.05. The van der Waals surface area contributed by atoms with Gasteiger partial charge in [0.25, 0.3) is 5.91 Å². The van der Waals surface area contributed by atoms with Gasteiger partial charge in [-0.15, -0.1) is 0 Å². The third kappa shape index (κ3) is 4.14. The Kier molecular flexibility index (Phi) is 4.36. The van der Waals surface area contributed by atoms with Gasteiger partial charge in [-0.1, -0.05) is 15.9 Å². The van der Waals surface area contributed by atoms with E-state index < -0.39 is 0 Å². The van der Waals surface area contributed by atoms with Gasteiger partial charge in [-0.25, -0.2) is 5.43 Å². The molecule has 0 heterocycles. The van der Waals surface area contributed by atoms with Crippen molar-refractivity contribution >= 4 is 27.5 Å². The third-order valence-electron chi connectivity index (χ3n) is 2.71. The summed E-state index contributed by atoms with van der Waals surface area (Å²) >= 11 is 3.33. The molecule has 1 saturated carbocycles. The van der Waals surface area contributed by atoms with Crippen molar-refractivity contribution in [3.05, 3.63) is 28.7 Å². The van der Waals surface area contributed by atoms with Gasteiger partial charge in [0.1, 0.15) is 5.75 Å². The van der Waals surface area contributed by atoms with Gasteiger partial charge < -0.3 is 4.74 Å². The summed E-state index contributed by atoms with van der Waals surface area (Å²) in [6.07, 6.45) is 2.36. The fourth-order valence-electron chi connectivity index (χ4n) is 1.45. The third-order valence-corrected chi connectivity index (χ3v) is 3.24. The SMILES string of the molecule is C/C(=N/NC(=O)COc1ccc(Br)cc1)C1CC1. The highest BCUT2D eigenvalue weighted by Gasteiger charge is 2.24. The average Bonchev–Trinajstić information content (AvgIpc) is 3.19. The molecular formula is C13H15BrN2O2. The molecule has 0 radical (unpaired) electrons. The Bertz CT molecular complexity index is 453. The molecule has 1 amide bonds. The molecule has 0 aliphatic heterocycles. The molecule has 0 spiro atoms. The second kappa shape index (κ2) is 6.00. The van der Waals surface area contributed by atoms with E-state index in [9.17, 15) is 4.79 Å². The van der Waals surface area contributed by atoms with Crippen LogP contribution in [0.4, 0.5) is 0 Å². The summed E-state index contributed by atoms with van der Waals surface area (Å²) in [7, 11) is 0. The van der Waals surface area contributed by atoms with E-state index in [-0.39, 0.29) is 12.5 Å². The smallest absolute Gasteiger partial charge is 0.277 e. The number of rotatable bonds is 5. The number of benzene rings is 1. The van der Waals surface area contributed by atoms with Crippen LogP contribution in [0, 0.1) is 5.92 Å². The van der Waals surface area contributed by atoms with Gasteiger partial charge in [-0.2, -0.15) is 5.10 Å². The minimum absolute atomic E-state index is 0.0247. The summed E-state index contributed by atoms with van der Waals surface area (Å²) in [5.41, 5.74) is 3.49. The lowest BCUT2D eigenvalue weighted by molar-refractivity contribution is -0.123. The van der Waals surface area contributed by atoms with Crippen LogP contribution in [0.5, 0.6) is 5.75 Å². The van der Waals surface area contributed by atoms with E-state index in [1.165, 1.54) is 12.8 Å². The number of hydrogen-bond donors (Lipinski definition) is 1.